The van der Waals surface area contributed by atoms with E-state index in [0.717, 1.165) is 47.2 Å². The molecular weight excluding hydrogens is 482 g/mol. The molecule has 35 heavy (non-hydrogen) atoms. The number of nitrogens with zero attached hydrogens (tertiary/aromatic N) is 5. The lowest BCUT2D eigenvalue weighted by Gasteiger charge is -2.28. The number of hydrogen-bond acceptors (Lipinski definition) is 7. The SMILES string of the molecule is Cc1cccc(-n2c(=O)c3c4c(sc3n3c(S[C@@H](C)C(=O)N5CCOCC5)nnc23)CCCC4)c1. The molecule has 0 saturated carbocycles. The zero-order valence-corrected chi connectivity index (χ0v) is 21.5. The summed E-state index contributed by atoms with van der Waals surface area (Å²) < 4.78 is 9.08. The van der Waals surface area contributed by atoms with Gasteiger partial charge in [-0.05, 0) is 62.8 Å². The number of rotatable bonds is 4. The van der Waals surface area contributed by atoms with Crippen molar-refractivity contribution in [1.29, 1.82) is 0 Å². The van der Waals surface area contributed by atoms with Gasteiger partial charge in [0.2, 0.25) is 11.7 Å². The molecule has 0 N–H and O–H groups in total. The maximum absolute atomic E-state index is 13.9. The summed E-state index contributed by atoms with van der Waals surface area (Å²) in [6.07, 6.45) is 4.15. The van der Waals surface area contributed by atoms with E-state index in [1.54, 1.807) is 15.9 Å². The Morgan fingerprint density at radius 1 is 1.17 bits per heavy atom. The van der Waals surface area contributed by atoms with E-state index in [0.29, 0.717) is 37.2 Å². The zero-order chi connectivity index (χ0) is 24.1. The van der Waals surface area contributed by atoms with Crippen molar-refractivity contribution in [1.82, 2.24) is 24.1 Å². The second-order valence-corrected chi connectivity index (χ2v) is 11.6. The molecule has 6 rings (SSSR count). The first kappa shape index (κ1) is 22.8. The Balaban J connectivity index is 1.53. The first-order valence-electron chi connectivity index (χ1n) is 12.1. The molecule has 3 aromatic heterocycles. The van der Waals surface area contributed by atoms with E-state index < -0.39 is 0 Å². The van der Waals surface area contributed by atoms with Gasteiger partial charge in [0.1, 0.15) is 4.83 Å². The van der Waals surface area contributed by atoms with Crippen LogP contribution in [0.2, 0.25) is 0 Å². The Labute approximate surface area is 210 Å². The van der Waals surface area contributed by atoms with Crippen LogP contribution in [-0.2, 0) is 22.4 Å². The van der Waals surface area contributed by atoms with Crippen molar-refractivity contribution in [2.45, 2.75) is 49.9 Å². The summed E-state index contributed by atoms with van der Waals surface area (Å²) in [4.78, 5) is 31.1. The van der Waals surface area contributed by atoms with Crippen LogP contribution in [0.15, 0.2) is 34.2 Å². The van der Waals surface area contributed by atoms with E-state index in [9.17, 15) is 9.59 Å². The van der Waals surface area contributed by atoms with Crippen molar-refractivity contribution in [3.63, 3.8) is 0 Å². The van der Waals surface area contributed by atoms with Gasteiger partial charge in [-0.15, -0.1) is 21.5 Å². The minimum atomic E-state index is -0.329. The molecule has 1 aliphatic heterocycles. The molecule has 8 nitrogen and oxygen atoms in total. The van der Waals surface area contributed by atoms with Crippen LogP contribution in [0.5, 0.6) is 0 Å². The van der Waals surface area contributed by atoms with Crippen LogP contribution in [0.1, 0.15) is 35.8 Å². The molecule has 0 unspecified atom stereocenters. The second-order valence-electron chi connectivity index (χ2n) is 9.19. The predicted molar refractivity (Wildman–Crippen MR) is 138 cm³/mol. The molecule has 10 heteroatoms. The molecule has 0 spiro atoms. The lowest BCUT2D eigenvalue weighted by Crippen LogP contribution is -2.44. The summed E-state index contributed by atoms with van der Waals surface area (Å²) in [5.74, 6) is 0.559. The Bertz CT molecular complexity index is 1500. The second kappa shape index (κ2) is 9.07. The summed E-state index contributed by atoms with van der Waals surface area (Å²) >= 11 is 3.08. The number of aromatic nitrogens is 4. The molecule has 1 aliphatic carbocycles. The number of amides is 1. The standard InChI is InChI=1S/C25H27N5O3S2/c1-15-6-5-7-17(14-15)29-22(32)20-18-8-3-4-9-19(18)35-23(20)30-24(29)26-27-25(30)34-16(2)21(31)28-10-12-33-13-11-28/h5-7,14,16H,3-4,8-13H2,1-2H3/t16-/m0/s1. The lowest BCUT2D eigenvalue weighted by atomic mass is 9.97. The van der Waals surface area contributed by atoms with E-state index in [2.05, 4.69) is 10.2 Å². The van der Waals surface area contributed by atoms with Crippen LogP contribution in [-0.4, -0.2) is 61.5 Å². The Morgan fingerprint density at radius 3 is 2.77 bits per heavy atom. The van der Waals surface area contributed by atoms with Crippen molar-refractivity contribution in [3.8, 4) is 5.69 Å². The first-order chi connectivity index (χ1) is 17.0. The molecule has 4 aromatic rings. The molecule has 2 aliphatic rings. The highest BCUT2D eigenvalue weighted by atomic mass is 32.2. The minimum absolute atomic E-state index is 0.0427. The number of thioether (sulfide) groups is 1. The highest BCUT2D eigenvalue weighted by molar-refractivity contribution is 8.00. The van der Waals surface area contributed by atoms with Crippen LogP contribution in [0.3, 0.4) is 0 Å². The van der Waals surface area contributed by atoms with Crippen LogP contribution in [0.25, 0.3) is 21.7 Å². The van der Waals surface area contributed by atoms with Crippen LogP contribution in [0.4, 0.5) is 0 Å². The molecule has 1 fully saturated rings. The van der Waals surface area contributed by atoms with Crippen molar-refractivity contribution in [2.75, 3.05) is 26.3 Å². The van der Waals surface area contributed by atoms with Gasteiger partial charge in [0.15, 0.2) is 5.16 Å². The normalized spacial score (nSPS) is 17.1. The highest BCUT2D eigenvalue weighted by Crippen LogP contribution is 2.37. The van der Waals surface area contributed by atoms with Gasteiger partial charge in [0.25, 0.3) is 5.56 Å². The summed E-state index contributed by atoms with van der Waals surface area (Å²) in [7, 11) is 0. The Hall–Kier alpha value is -2.69. The van der Waals surface area contributed by atoms with Gasteiger partial charge >= 0.3 is 0 Å². The van der Waals surface area contributed by atoms with E-state index in [1.807, 2.05) is 47.4 Å². The molecule has 1 atom stereocenters. The Morgan fingerprint density at radius 2 is 1.97 bits per heavy atom. The van der Waals surface area contributed by atoms with Crippen molar-refractivity contribution < 1.29 is 9.53 Å². The average Bonchev–Trinajstić information content (AvgIpc) is 3.46. The van der Waals surface area contributed by atoms with E-state index >= 15 is 0 Å². The minimum Gasteiger partial charge on any atom is -0.378 e. The number of fused-ring (bicyclic) bond motifs is 5. The number of benzene rings is 1. The molecule has 1 aromatic carbocycles. The van der Waals surface area contributed by atoms with Crippen LogP contribution in [0, 0.1) is 6.92 Å². The summed E-state index contributed by atoms with van der Waals surface area (Å²) in [5, 5.41) is 10.1. The summed E-state index contributed by atoms with van der Waals surface area (Å²) in [6, 6.07) is 7.90. The van der Waals surface area contributed by atoms with Gasteiger partial charge in [0, 0.05) is 18.0 Å². The van der Waals surface area contributed by atoms with Gasteiger partial charge in [-0.3, -0.25) is 9.59 Å². The average molecular weight is 510 g/mol. The molecule has 1 amide bonds. The predicted octanol–water partition coefficient (Wildman–Crippen LogP) is 3.62. The van der Waals surface area contributed by atoms with Crippen LogP contribution >= 0.6 is 23.1 Å². The van der Waals surface area contributed by atoms with Crippen molar-refractivity contribution in [3.05, 3.63) is 50.6 Å². The maximum Gasteiger partial charge on any atom is 0.268 e. The van der Waals surface area contributed by atoms with Crippen LogP contribution < -0.4 is 5.56 Å². The molecule has 182 valence electrons. The molecule has 0 radical (unpaired) electrons. The first-order valence-corrected chi connectivity index (χ1v) is 13.8. The molecular formula is C25H27N5O3S2. The van der Waals surface area contributed by atoms with Gasteiger partial charge in [-0.25, -0.2) is 8.97 Å². The third-order valence-electron chi connectivity index (χ3n) is 6.80. The largest absolute Gasteiger partial charge is 0.378 e. The number of ether oxygens (including phenoxy) is 1. The van der Waals surface area contributed by atoms with Gasteiger partial charge in [0.05, 0.1) is 29.5 Å². The van der Waals surface area contributed by atoms with E-state index in [4.69, 9.17) is 4.74 Å². The van der Waals surface area contributed by atoms with Crippen molar-refractivity contribution in [2.24, 2.45) is 0 Å². The zero-order valence-electron chi connectivity index (χ0n) is 19.8. The number of carbonyl (C=O) groups is 1. The fourth-order valence-corrected chi connectivity index (χ4v) is 7.41. The van der Waals surface area contributed by atoms with E-state index in [-0.39, 0.29) is 16.7 Å². The summed E-state index contributed by atoms with van der Waals surface area (Å²) in [6.45, 7) is 6.29. The van der Waals surface area contributed by atoms with Gasteiger partial charge in [-0.1, -0.05) is 23.9 Å². The Kier molecular flexibility index (Phi) is 5.90. The lowest BCUT2D eigenvalue weighted by molar-refractivity contribution is -0.134. The number of thiophene rings is 1. The molecule has 1 saturated heterocycles. The fourth-order valence-electron chi connectivity index (χ4n) is 5.04. The molecule has 0 bridgehead atoms. The fraction of sp³-hybridized carbons (Fsp3) is 0.440. The number of aryl methyl sites for hydroxylation is 3. The maximum atomic E-state index is 13.9. The van der Waals surface area contributed by atoms with Gasteiger partial charge < -0.3 is 9.64 Å². The third-order valence-corrected chi connectivity index (χ3v) is 9.11. The highest BCUT2D eigenvalue weighted by Gasteiger charge is 2.28. The number of hydrogen-bond donors (Lipinski definition) is 0. The topological polar surface area (TPSA) is 81.7 Å². The smallest absolute Gasteiger partial charge is 0.268 e. The van der Waals surface area contributed by atoms with E-state index in [1.165, 1.54) is 22.2 Å². The monoisotopic (exact) mass is 509 g/mol. The molecule has 4 heterocycles. The number of carbonyl (C=O) groups excluding carboxylic acids is 1. The third kappa shape index (κ3) is 3.88. The quantitative estimate of drug-likeness (QED) is 0.391. The number of morpholine rings is 1. The summed E-state index contributed by atoms with van der Waals surface area (Å²) in [5.41, 5.74) is 2.98. The van der Waals surface area contributed by atoms with Gasteiger partial charge in [-0.2, -0.15) is 0 Å². The van der Waals surface area contributed by atoms with Crippen molar-refractivity contribution >= 4 is 45.0 Å².